The summed E-state index contributed by atoms with van der Waals surface area (Å²) in [6, 6.07) is 4.22. The standard InChI is InChI=1S/C9H14N2O2/c1-5(12)9(11)6-2-3-7(10)8(13)4-6/h2-5,9,12-13H,10-11H2,1H3/t5-,9+/m1/s1. The van der Waals surface area contributed by atoms with Crippen LogP contribution in [0.1, 0.15) is 18.5 Å². The van der Waals surface area contributed by atoms with Gasteiger partial charge < -0.3 is 21.7 Å². The highest BCUT2D eigenvalue weighted by Gasteiger charge is 2.12. The number of nitrogens with two attached hydrogens (primary N) is 2. The highest BCUT2D eigenvalue weighted by atomic mass is 16.3. The summed E-state index contributed by atoms with van der Waals surface area (Å²) in [5, 5.41) is 18.5. The molecule has 0 bridgehead atoms. The van der Waals surface area contributed by atoms with Crippen LogP contribution >= 0.6 is 0 Å². The average molecular weight is 182 g/mol. The van der Waals surface area contributed by atoms with Crippen molar-refractivity contribution in [2.45, 2.75) is 19.1 Å². The molecule has 4 heteroatoms. The van der Waals surface area contributed by atoms with Crippen LogP contribution in [0, 0.1) is 0 Å². The molecule has 6 N–H and O–H groups in total. The minimum Gasteiger partial charge on any atom is -0.506 e. The van der Waals surface area contributed by atoms with E-state index in [-0.39, 0.29) is 5.75 Å². The Bertz CT molecular complexity index is 300. The van der Waals surface area contributed by atoms with E-state index in [0.717, 1.165) is 0 Å². The predicted octanol–water partition coefficient (Wildman–Crippen LogP) is 0.355. The molecule has 1 rings (SSSR count). The lowest BCUT2D eigenvalue weighted by molar-refractivity contribution is 0.164. The molecule has 0 saturated heterocycles. The molecule has 0 heterocycles. The largest absolute Gasteiger partial charge is 0.506 e. The number of rotatable bonds is 2. The maximum atomic E-state index is 9.27. The van der Waals surface area contributed by atoms with E-state index in [2.05, 4.69) is 0 Å². The van der Waals surface area contributed by atoms with E-state index in [1.807, 2.05) is 0 Å². The molecule has 0 radical (unpaired) electrons. The van der Waals surface area contributed by atoms with Gasteiger partial charge >= 0.3 is 0 Å². The summed E-state index contributed by atoms with van der Waals surface area (Å²) in [5.41, 5.74) is 12.0. The molecule has 0 aliphatic rings. The third-order valence-electron chi connectivity index (χ3n) is 1.96. The highest BCUT2D eigenvalue weighted by Crippen LogP contribution is 2.24. The Balaban J connectivity index is 2.97. The zero-order chi connectivity index (χ0) is 10.0. The molecule has 0 spiro atoms. The first-order valence-electron chi connectivity index (χ1n) is 4.04. The van der Waals surface area contributed by atoms with Gasteiger partial charge in [-0.15, -0.1) is 0 Å². The molecule has 2 atom stereocenters. The highest BCUT2D eigenvalue weighted by molar-refractivity contribution is 5.53. The fraction of sp³-hybridized carbons (Fsp3) is 0.333. The summed E-state index contributed by atoms with van der Waals surface area (Å²) in [7, 11) is 0. The zero-order valence-corrected chi connectivity index (χ0v) is 7.44. The van der Waals surface area contributed by atoms with Crippen LogP contribution in [0.15, 0.2) is 18.2 Å². The van der Waals surface area contributed by atoms with Crippen molar-refractivity contribution < 1.29 is 10.2 Å². The van der Waals surface area contributed by atoms with Crippen LogP contribution in [0.4, 0.5) is 5.69 Å². The Morgan fingerprint density at radius 3 is 2.46 bits per heavy atom. The van der Waals surface area contributed by atoms with E-state index in [9.17, 15) is 10.2 Å². The molecule has 1 aromatic carbocycles. The van der Waals surface area contributed by atoms with Crippen molar-refractivity contribution in [3.05, 3.63) is 23.8 Å². The van der Waals surface area contributed by atoms with Crippen LogP contribution in [0.2, 0.25) is 0 Å². The predicted molar refractivity (Wildman–Crippen MR) is 51.1 cm³/mol. The van der Waals surface area contributed by atoms with Gasteiger partial charge in [0, 0.05) is 0 Å². The molecule has 0 aromatic heterocycles. The van der Waals surface area contributed by atoms with Gasteiger partial charge in [-0.3, -0.25) is 0 Å². The van der Waals surface area contributed by atoms with E-state index in [1.165, 1.54) is 6.07 Å². The molecule has 0 aliphatic heterocycles. The number of aliphatic hydroxyl groups is 1. The van der Waals surface area contributed by atoms with Gasteiger partial charge in [0.25, 0.3) is 0 Å². The summed E-state index contributed by atoms with van der Waals surface area (Å²) < 4.78 is 0. The number of phenolic OH excluding ortho intramolecular Hbond substituents is 1. The fourth-order valence-electron chi connectivity index (χ4n) is 1.05. The Kier molecular flexibility index (Phi) is 2.75. The van der Waals surface area contributed by atoms with Crippen molar-refractivity contribution in [1.82, 2.24) is 0 Å². The van der Waals surface area contributed by atoms with Crippen molar-refractivity contribution >= 4 is 5.69 Å². The van der Waals surface area contributed by atoms with E-state index in [0.29, 0.717) is 11.3 Å². The van der Waals surface area contributed by atoms with Gasteiger partial charge in [-0.1, -0.05) is 6.07 Å². The number of aromatic hydroxyl groups is 1. The second kappa shape index (κ2) is 3.64. The number of phenols is 1. The summed E-state index contributed by atoms with van der Waals surface area (Å²) in [6.07, 6.45) is -0.650. The fourth-order valence-corrected chi connectivity index (χ4v) is 1.05. The molecule has 72 valence electrons. The molecule has 0 saturated carbocycles. The monoisotopic (exact) mass is 182 g/mol. The smallest absolute Gasteiger partial charge is 0.138 e. The van der Waals surface area contributed by atoms with E-state index in [1.54, 1.807) is 19.1 Å². The number of hydrogen-bond donors (Lipinski definition) is 4. The normalized spacial score (nSPS) is 15.3. The van der Waals surface area contributed by atoms with Crippen LogP contribution in [-0.4, -0.2) is 16.3 Å². The minimum atomic E-state index is -0.650. The van der Waals surface area contributed by atoms with Gasteiger partial charge in [-0.2, -0.15) is 0 Å². The van der Waals surface area contributed by atoms with E-state index < -0.39 is 12.1 Å². The lowest BCUT2D eigenvalue weighted by Gasteiger charge is -2.15. The summed E-state index contributed by atoms with van der Waals surface area (Å²) in [5.74, 6) is -0.00593. The summed E-state index contributed by atoms with van der Waals surface area (Å²) >= 11 is 0. The molecule has 13 heavy (non-hydrogen) atoms. The lowest BCUT2D eigenvalue weighted by atomic mass is 10.0. The topological polar surface area (TPSA) is 92.5 Å². The lowest BCUT2D eigenvalue weighted by Crippen LogP contribution is -2.23. The zero-order valence-electron chi connectivity index (χ0n) is 7.44. The van der Waals surface area contributed by atoms with Crippen LogP contribution in [0.25, 0.3) is 0 Å². The third-order valence-corrected chi connectivity index (χ3v) is 1.96. The second-order valence-electron chi connectivity index (χ2n) is 3.08. The van der Waals surface area contributed by atoms with Gasteiger partial charge in [-0.05, 0) is 24.6 Å². The summed E-state index contributed by atoms with van der Waals surface area (Å²) in [6.45, 7) is 1.60. The quantitative estimate of drug-likeness (QED) is 0.392. The van der Waals surface area contributed by atoms with E-state index >= 15 is 0 Å². The Morgan fingerprint density at radius 1 is 1.38 bits per heavy atom. The average Bonchev–Trinajstić information content (AvgIpc) is 2.08. The van der Waals surface area contributed by atoms with Gasteiger partial charge in [0.2, 0.25) is 0 Å². The third kappa shape index (κ3) is 2.11. The number of anilines is 1. The van der Waals surface area contributed by atoms with Gasteiger partial charge in [0.1, 0.15) is 5.75 Å². The summed E-state index contributed by atoms with van der Waals surface area (Å²) in [4.78, 5) is 0. The van der Waals surface area contributed by atoms with E-state index in [4.69, 9.17) is 11.5 Å². The van der Waals surface area contributed by atoms with Crippen molar-refractivity contribution in [3.63, 3.8) is 0 Å². The second-order valence-corrected chi connectivity index (χ2v) is 3.08. The molecule has 1 aromatic rings. The minimum absolute atomic E-state index is 0.00593. The molecular formula is C9H14N2O2. The van der Waals surface area contributed by atoms with Gasteiger partial charge in [0.15, 0.2) is 0 Å². The van der Waals surface area contributed by atoms with Crippen LogP contribution in [0.3, 0.4) is 0 Å². The van der Waals surface area contributed by atoms with Crippen molar-refractivity contribution in [1.29, 1.82) is 0 Å². The first kappa shape index (κ1) is 9.83. The van der Waals surface area contributed by atoms with Crippen molar-refractivity contribution in [2.75, 3.05) is 5.73 Å². The first-order chi connectivity index (χ1) is 6.02. The number of benzene rings is 1. The number of nitrogen functional groups attached to an aromatic ring is 1. The SMILES string of the molecule is C[C@@H](O)[C@H](N)c1ccc(N)c(O)c1. The maximum Gasteiger partial charge on any atom is 0.138 e. The van der Waals surface area contributed by atoms with Crippen molar-refractivity contribution in [3.8, 4) is 5.75 Å². The van der Waals surface area contributed by atoms with Gasteiger partial charge in [-0.25, -0.2) is 0 Å². The maximum absolute atomic E-state index is 9.27. The van der Waals surface area contributed by atoms with Gasteiger partial charge in [0.05, 0.1) is 17.8 Å². The van der Waals surface area contributed by atoms with Crippen LogP contribution in [-0.2, 0) is 0 Å². The Morgan fingerprint density at radius 2 is 2.00 bits per heavy atom. The molecule has 4 nitrogen and oxygen atoms in total. The Hall–Kier alpha value is -1.26. The van der Waals surface area contributed by atoms with Crippen LogP contribution in [0.5, 0.6) is 5.75 Å². The Labute approximate surface area is 76.8 Å². The van der Waals surface area contributed by atoms with Crippen molar-refractivity contribution in [2.24, 2.45) is 5.73 Å². The van der Waals surface area contributed by atoms with Crippen LogP contribution < -0.4 is 11.5 Å². The number of aliphatic hydroxyl groups excluding tert-OH is 1. The molecule has 0 amide bonds. The molecule has 0 unspecified atom stereocenters. The first-order valence-corrected chi connectivity index (χ1v) is 4.04. The molecule has 0 aliphatic carbocycles. The molecular weight excluding hydrogens is 168 g/mol. The number of hydrogen-bond acceptors (Lipinski definition) is 4. The molecule has 0 fully saturated rings.